The molecule has 0 spiro atoms. The van der Waals surface area contributed by atoms with Gasteiger partial charge in [-0.2, -0.15) is 6.07 Å². The second-order valence-electron chi connectivity index (χ2n) is 18.4. The molecule has 5 heterocycles. The van der Waals surface area contributed by atoms with Crippen molar-refractivity contribution in [3.8, 4) is 62.0 Å². The van der Waals surface area contributed by atoms with Gasteiger partial charge in [-0.1, -0.05) is 146 Å². The Bertz CT molecular complexity index is 3670. The second-order valence-corrected chi connectivity index (χ2v) is 18.4. The predicted octanol–water partition coefficient (Wildman–Crippen LogP) is 12.7. The molecule has 2 aliphatic rings. The smallest absolute Gasteiger partial charge is 0.503 e. The summed E-state index contributed by atoms with van der Waals surface area (Å²) in [7, 11) is 0. The maximum absolute atomic E-state index is 6.60. The molecule has 0 atom stereocenters. The van der Waals surface area contributed by atoms with Gasteiger partial charge in [0.1, 0.15) is 5.82 Å². The standard InChI is InChI=1S/C59H40BN3O.Pt/c1-35-34-62-52(38-16-7-17-41(28-38)64-42-24-25-44-43-18-5-6-23-53(43)63(54(44)32-42)55-31-40(26-27-61-55)59(2,3)4)33-47(35)39-29-48-45-19-8-12-36-14-10-21-50(56(36)45)60-51-22-11-15-37-13-9-20-46(57(37)51)49(30-39)58(48)60;/h5-27,29-31,33-34H,1-4H3;/q-2;+2. The van der Waals surface area contributed by atoms with Crippen LogP contribution in [0.2, 0.25) is 0 Å². The Morgan fingerprint density at radius 2 is 1.25 bits per heavy atom. The summed E-state index contributed by atoms with van der Waals surface area (Å²) in [5.74, 6) is 2.05. The molecule has 6 heteroatoms. The molecular weight excluding hydrogens is 973 g/mol. The summed E-state index contributed by atoms with van der Waals surface area (Å²) in [6.45, 7) is 9.00. The number of nitrogens with zero attached hydrogens (tertiary/aromatic N) is 3. The number of pyridine rings is 2. The number of hydrogen-bond donors (Lipinski definition) is 0. The van der Waals surface area contributed by atoms with Crippen molar-refractivity contribution in [3.05, 3.63) is 193 Å². The summed E-state index contributed by atoms with van der Waals surface area (Å²) in [6, 6.07) is 64.3. The van der Waals surface area contributed by atoms with E-state index in [1.165, 1.54) is 71.3 Å². The van der Waals surface area contributed by atoms with Crippen molar-refractivity contribution < 1.29 is 25.8 Å². The Morgan fingerprint density at radius 3 is 1.95 bits per heavy atom. The van der Waals surface area contributed by atoms with Gasteiger partial charge in [-0.05, 0) is 120 Å². The van der Waals surface area contributed by atoms with Crippen LogP contribution in [0.15, 0.2) is 170 Å². The third kappa shape index (κ3) is 6.09. The monoisotopic (exact) mass is 1010 g/mol. The molecule has 0 amide bonds. The van der Waals surface area contributed by atoms with Gasteiger partial charge in [-0.3, -0.25) is 0 Å². The molecule has 0 radical (unpaired) electrons. The minimum Gasteiger partial charge on any atom is -0.503 e. The Kier molecular flexibility index (Phi) is 8.96. The average molecular weight is 1010 g/mol. The zero-order chi connectivity index (χ0) is 42.8. The summed E-state index contributed by atoms with van der Waals surface area (Å²) in [4.78, 5) is 9.84. The van der Waals surface area contributed by atoms with Crippen molar-refractivity contribution in [3.63, 3.8) is 0 Å². The van der Waals surface area contributed by atoms with E-state index in [9.17, 15) is 0 Å². The van der Waals surface area contributed by atoms with Crippen LogP contribution in [0.3, 0.4) is 0 Å². The molecule has 4 nitrogen and oxygen atoms in total. The number of para-hydroxylation sites is 1. The van der Waals surface area contributed by atoms with Crippen molar-refractivity contribution in [1.29, 1.82) is 0 Å². The Labute approximate surface area is 392 Å². The maximum Gasteiger partial charge on any atom is 2.00 e. The second kappa shape index (κ2) is 14.7. The van der Waals surface area contributed by atoms with E-state index in [4.69, 9.17) is 14.7 Å². The summed E-state index contributed by atoms with van der Waals surface area (Å²) in [5, 5.41) is 7.50. The fourth-order valence-corrected chi connectivity index (χ4v) is 10.7. The number of hydrogen-bond acceptors (Lipinski definition) is 3. The van der Waals surface area contributed by atoms with Crippen LogP contribution in [0.25, 0.3) is 93.8 Å². The van der Waals surface area contributed by atoms with Crippen LogP contribution in [0.1, 0.15) is 31.9 Å². The normalized spacial score (nSPS) is 12.5. The van der Waals surface area contributed by atoms with Crippen LogP contribution in [-0.4, -0.2) is 21.2 Å². The van der Waals surface area contributed by atoms with Crippen molar-refractivity contribution in [2.45, 2.75) is 33.1 Å². The van der Waals surface area contributed by atoms with Crippen LogP contribution in [0, 0.1) is 19.1 Å². The number of aryl methyl sites for hydroxylation is 1. The Hall–Kier alpha value is -7.07. The number of aromatic nitrogens is 3. The molecule has 0 bridgehead atoms. The van der Waals surface area contributed by atoms with Gasteiger partial charge in [0.2, 0.25) is 6.71 Å². The minimum absolute atomic E-state index is 0. The van der Waals surface area contributed by atoms with Gasteiger partial charge in [0, 0.05) is 29.4 Å². The summed E-state index contributed by atoms with van der Waals surface area (Å²) in [5.41, 5.74) is 17.7. The predicted molar refractivity (Wildman–Crippen MR) is 265 cm³/mol. The van der Waals surface area contributed by atoms with E-state index < -0.39 is 0 Å². The van der Waals surface area contributed by atoms with E-state index in [-0.39, 0.29) is 33.2 Å². The molecule has 65 heavy (non-hydrogen) atoms. The van der Waals surface area contributed by atoms with E-state index in [2.05, 4.69) is 184 Å². The summed E-state index contributed by atoms with van der Waals surface area (Å²) < 4.78 is 8.79. The van der Waals surface area contributed by atoms with E-state index in [0.29, 0.717) is 11.5 Å². The van der Waals surface area contributed by atoms with E-state index >= 15 is 0 Å². The van der Waals surface area contributed by atoms with Crippen molar-refractivity contribution >= 4 is 66.5 Å². The quantitative estimate of drug-likeness (QED) is 0.127. The van der Waals surface area contributed by atoms with Gasteiger partial charge in [-0.25, -0.2) is 4.98 Å². The van der Waals surface area contributed by atoms with Crippen molar-refractivity contribution in [2.75, 3.05) is 0 Å². The number of benzene rings is 8. The number of fused-ring (bicyclic) bond motifs is 7. The molecule has 13 rings (SSSR count). The fourth-order valence-electron chi connectivity index (χ4n) is 10.7. The van der Waals surface area contributed by atoms with Gasteiger partial charge in [0.05, 0.1) is 0 Å². The van der Waals surface area contributed by atoms with Crippen LogP contribution in [0.4, 0.5) is 0 Å². The first-order valence-electron chi connectivity index (χ1n) is 22.1. The first-order valence-corrected chi connectivity index (χ1v) is 22.1. The molecular formula is C59H40BN3OPt. The molecule has 3 aromatic heterocycles. The zero-order valence-electron chi connectivity index (χ0n) is 36.3. The molecule has 11 aromatic rings. The zero-order valence-corrected chi connectivity index (χ0v) is 38.6. The molecule has 0 aliphatic carbocycles. The maximum atomic E-state index is 6.60. The van der Waals surface area contributed by atoms with Crippen LogP contribution >= 0.6 is 0 Å². The molecule has 0 N–H and O–H groups in total. The molecule has 0 unspecified atom stereocenters. The van der Waals surface area contributed by atoms with Crippen molar-refractivity contribution in [1.82, 2.24) is 14.5 Å². The van der Waals surface area contributed by atoms with Gasteiger partial charge >= 0.3 is 21.1 Å². The van der Waals surface area contributed by atoms with E-state index in [0.717, 1.165) is 50.0 Å². The topological polar surface area (TPSA) is 39.9 Å². The SMILES string of the molecule is Cc1cnc(-c2[c-]c(Oc3[c-]c4c(cc3)c3ccccc3n4-c3cc(C(C)(C)C)ccn3)ccc2)cc1-c1cc2c3c(c1)-c1cccc4cccc(c14)B3c1cccc3cccc-2c13.[Pt+2]. The third-order valence-electron chi connectivity index (χ3n) is 13.6. The Balaban J connectivity index is 0.00000444. The largest absolute Gasteiger partial charge is 2.00 e. The average Bonchev–Trinajstić information content (AvgIpc) is 3.65. The van der Waals surface area contributed by atoms with Crippen LogP contribution < -0.4 is 21.1 Å². The molecule has 2 aliphatic heterocycles. The van der Waals surface area contributed by atoms with Gasteiger partial charge in [-0.15, -0.1) is 41.3 Å². The molecule has 310 valence electrons. The summed E-state index contributed by atoms with van der Waals surface area (Å²) >= 11 is 0. The van der Waals surface area contributed by atoms with Crippen LogP contribution in [0.5, 0.6) is 11.5 Å². The molecule has 0 fully saturated rings. The minimum atomic E-state index is -0.0213. The third-order valence-corrected chi connectivity index (χ3v) is 13.6. The Morgan fingerprint density at radius 1 is 0.585 bits per heavy atom. The molecule has 0 saturated heterocycles. The van der Waals surface area contributed by atoms with Crippen molar-refractivity contribution in [2.24, 2.45) is 0 Å². The molecule has 0 saturated carbocycles. The molecule has 8 aromatic carbocycles. The number of ether oxygens (including phenoxy) is 1. The van der Waals surface area contributed by atoms with Gasteiger partial charge < -0.3 is 14.3 Å². The van der Waals surface area contributed by atoms with Gasteiger partial charge in [0.25, 0.3) is 0 Å². The fraction of sp³-hybridized carbons (Fsp3) is 0.0847. The summed E-state index contributed by atoms with van der Waals surface area (Å²) in [6.07, 6.45) is 3.90. The number of rotatable bonds is 5. The van der Waals surface area contributed by atoms with E-state index in [1.54, 1.807) is 0 Å². The first-order chi connectivity index (χ1) is 31.3. The first kappa shape index (κ1) is 39.5. The van der Waals surface area contributed by atoms with Gasteiger partial charge in [0.15, 0.2) is 0 Å². The van der Waals surface area contributed by atoms with E-state index in [1.807, 2.05) is 30.6 Å². The van der Waals surface area contributed by atoms with Crippen LogP contribution in [-0.2, 0) is 26.5 Å².